The number of allylic oxidation sites excluding steroid dienone is 5. The molecule has 7 heteroatoms. The summed E-state index contributed by atoms with van der Waals surface area (Å²) < 4.78 is 6.22. The van der Waals surface area contributed by atoms with Crippen LogP contribution in [0.4, 0.5) is 0 Å². The van der Waals surface area contributed by atoms with Gasteiger partial charge in [0.15, 0.2) is 0 Å². The third-order valence-corrected chi connectivity index (χ3v) is 7.14. The molecule has 1 aliphatic carbocycles. The van der Waals surface area contributed by atoms with E-state index in [4.69, 9.17) is 15.6 Å². The van der Waals surface area contributed by atoms with Crippen molar-refractivity contribution in [3.05, 3.63) is 106 Å². The molecule has 0 spiro atoms. The van der Waals surface area contributed by atoms with Gasteiger partial charge in [0.2, 0.25) is 0 Å². The Bertz CT molecular complexity index is 1300. The van der Waals surface area contributed by atoms with Gasteiger partial charge in [-0.3, -0.25) is 14.6 Å². The predicted molar refractivity (Wildman–Crippen MR) is 165 cm³/mol. The SMILES string of the molecule is C=C(Br)/C=C\C(OC)=C1\C=C(C(N)=O)N=C(CC2CCCC2)C1.O=C(O)CCc1ccc(-c2ccccc2)cc1. The zero-order valence-electron chi connectivity index (χ0n) is 22.9. The van der Waals surface area contributed by atoms with Crippen LogP contribution in [0, 0.1) is 5.92 Å². The number of nitrogens with zero attached hydrogens (tertiary/aromatic N) is 1. The molecule has 6 nitrogen and oxygen atoms in total. The van der Waals surface area contributed by atoms with E-state index in [0.717, 1.165) is 33.3 Å². The van der Waals surface area contributed by atoms with Crippen molar-refractivity contribution in [3.63, 3.8) is 0 Å². The van der Waals surface area contributed by atoms with Gasteiger partial charge in [-0.2, -0.15) is 0 Å². The van der Waals surface area contributed by atoms with Crippen LogP contribution < -0.4 is 5.73 Å². The van der Waals surface area contributed by atoms with Gasteiger partial charge in [-0.1, -0.05) is 103 Å². The molecular weight excluding hydrogens is 568 g/mol. The summed E-state index contributed by atoms with van der Waals surface area (Å²) in [5.74, 6) is 0.113. The van der Waals surface area contributed by atoms with E-state index >= 15 is 0 Å². The van der Waals surface area contributed by atoms with Crippen molar-refractivity contribution < 1.29 is 19.4 Å². The number of aryl methyl sites for hydroxylation is 1. The molecule has 2 aromatic carbocycles. The maximum absolute atomic E-state index is 11.6. The Balaban J connectivity index is 0.000000230. The van der Waals surface area contributed by atoms with Crippen molar-refractivity contribution >= 4 is 33.5 Å². The van der Waals surface area contributed by atoms with E-state index < -0.39 is 11.9 Å². The number of nitrogens with two attached hydrogens (primary N) is 1. The summed E-state index contributed by atoms with van der Waals surface area (Å²) >= 11 is 3.29. The van der Waals surface area contributed by atoms with Gasteiger partial charge >= 0.3 is 5.97 Å². The summed E-state index contributed by atoms with van der Waals surface area (Å²) in [4.78, 5) is 26.5. The molecule has 1 heterocycles. The second-order valence-electron chi connectivity index (χ2n) is 9.93. The van der Waals surface area contributed by atoms with Crippen LogP contribution >= 0.6 is 15.9 Å². The Labute approximate surface area is 245 Å². The molecule has 0 atom stereocenters. The Morgan fingerprint density at radius 1 is 1.07 bits per heavy atom. The zero-order chi connectivity index (χ0) is 28.9. The summed E-state index contributed by atoms with van der Waals surface area (Å²) in [5.41, 5.74) is 11.1. The van der Waals surface area contributed by atoms with Gasteiger partial charge in [-0.15, -0.1) is 0 Å². The largest absolute Gasteiger partial charge is 0.496 e. The number of aliphatic carboxylic acids is 1. The fourth-order valence-corrected chi connectivity index (χ4v) is 4.98. The molecule has 1 fully saturated rings. The molecule has 1 saturated carbocycles. The van der Waals surface area contributed by atoms with Crippen molar-refractivity contribution in [1.82, 2.24) is 0 Å². The predicted octanol–water partition coefficient (Wildman–Crippen LogP) is 7.52. The minimum absolute atomic E-state index is 0.185. The first-order valence-electron chi connectivity index (χ1n) is 13.5. The van der Waals surface area contributed by atoms with Gasteiger partial charge in [0.1, 0.15) is 11.5 Å². The van der Waals surface area contributed by atoms with E-state index in [-0.39, 0.29) is 6.42 Å². The molecule has 2 aromatic rings. The Morgan fingerprint density at radius 2 is 1.73 bits per heavy atom. The van der Waals surface area contributed by atoms with Gasteiger partial charge in [0.25, 0.3) is 5.91 Å². The number of hydrogen-bond acceptors (Lipinski definition) is 4. The summed E-state index contributed by atoms with van der Waals surface area (Å²) in [7, 11) is 1.61. The van der Waals surface area contributed by atoms with Crippen LogP contribution in [0.5, 0.6) is 0 Å². The van der Waals surface area contributed by atoms with E-state index in [1.165, 1.54) is 31.2 Å². The zero-order valence-corrected chi connectivity index (χ0v) is 24.5. The molecule has 4 rings (SSSR count). The molecular formula is C33H37BrN2O4. The first-order valence-corrected chi connectivity index (χ1v) is 14.3. The number of carboxylic acid groups (broad SMARTS) is 1. The molecule has 210 valence electrons. The standard InChI is InChI=1S/C18H23BrN2O2.C15H14O2/c1-12(19)7-8-17(23-2)14-10-15(9-13-5-3-4-6-13)21-16(11-14)18(20)22;16-15(17)11-8-12-6-9-14(10-7-12)13-4-2-1-3-5-13/h7-8,11,13H,1,3-6,9-10H2,2H3,(H2,20,22);1-7,9-10H,8,11H2,(H,16,17)/b8-7-,17-14-;. The minimum atomic E-state index is -0.753. The van der Waals surface area contributed by atoms with E-state index in [1.807, 2.05) is 54.6 Å². The average molecular weight is 606 g/mol. The molecule has 2 aliphatic rings. The number of ether oxygens (including phenoxy) is 1. The van der Waals surface area contributed by atoms with E-state index in [2.05, 4.69) is 39.6 Å². The third-order valence-electron chi connectivity index (χ3n) is 6.88. The van der Waals surface area contributed by atoms with Gasteiger partial charge in [-0.05, 0) is 53.7 Å². The third kappa shape index (κ3) is 10.1. The van der Waals surface area contributed by atoms with Crippen molar-refractivity contribution in [2.75, 3.05) is 7.11 Å². The average Bonchev–Trinajstić information content (AvgIpc) is 3.46. The molecule has 0 bridgehead atoms. The monoisotopic (exact) mass is 604 g/mol. The van der Waals surface area contributed by atoms with Crippen LogP contribution in [0.3, 0.4) is 0 Å². The number of benzene rings is 2. The van der Waals surface area contributed by atoms with Gasteiger partial charge in [0.05, 0.1) is 7.11 Å². The van der Waals surface area contributed by atoms with E-state index in [0.29, 0.717) is 30.2 Å². The van der Waals surface area contributed by atoms with Crippen LogP contribution in [-0.4, -0.2) is 29.8 Å². The number of primary amides is 1. The molecule has 0 unspecified atom stereocenters. The minimum Gasteiger partial charge on any atom is -0.496 e. The van der Waals surface area contributed by atoms with Crippen LogP contribution in [0.25, 0.3) is 11.1 Å². The molecule has 40 heavy (non-hydrogen) atoms. The van der Waals surface area contributed by atoms with E-state index in [1.54, 1.807) is 13.2 Å². The lowest BCUT2D eigenvalue weighted by Gasteiger charge is -2.18. The lowest BCUT2D eigenvalue weighted by atomic mass is 9.93. The summed E-state index contributed by atoms with van der Waals surface area (Å²) in [6, 6.07) is 18.2. The van der Waals surface area contributed by atoms with Crippen molar-refractivity contribution in [2.45, 2.75) is 51.4 Å². The highest BCUT2D eigenvalue weighted by atomic mass is 79.9. The van der Waals surface area contributed by atoms with Crippen LogP contribution in [-0.2, 0) is 20.7 Å². The molecule has 3 N–H and O–H groups in total. The lowest BCUT2D eigenvalue weighted by Crippen LogP contribution is -2.19. The number of methoxy groups -OCH3 is 1. The number of carbonyl (C=O) groups is 2. The van der Waals surface area contributed by atoms with Gasteiger partial charge in [-0.25, -0.2) is 0 Å². The number of amides is 1. The van der Waals surface area contributed by atoms with Crippen molar-refractivity contribution in [3.8, 4) is 11.1 Å². The quantitative estimate of drug-likeness (QED) is 0.216. The highest BCUT2D eigenvalue weighted by Crippen LogP contribution is 2.31. The summed E-state index contributed by atoms with van der Waals surface area (Å²) in [6.45, 7) is 3.77. The Morgan fingerprint density at radius 3 is 2.30 bits per heavy atom. The number of rotatable bonds is 10. The Hall–Kier alpha value is -3.71. The fraction of sp³-hybridized carbons (Fsp3) is 0.303. The lowest BCUT2D eigenvalue weighted by molar-refractivity contribution is -0.137. The van der Waals surface area contributed by atoms with Crippen molar-refractivity contribution in [1.29, 1.82) is 0 Å². The van der Waals surface area contributed by atoms with Crippen molar-refractivity contribution in [2.24, 2.45) is 16.6 Å². The first-order chi connectivity index (χ1) is 19.2. The molecule has 1 aliphatic heterocycles. The maximum Gasteiger partial charge on any atom is 0.303 e. The normalized spacial score (nSPS) is 16.4. The fourth-order valence-electron chi connectivity index (χ4n) is 4.85. The molecule has 0 aromatic heterocycles. The second kappa shape index (κ2) is 15.8. The molecule has 0 saturated heterocycles. The van der Waals surface area contributed by atoms with Gasteiger partial charge < -0.3 is 15.6 Å². The number of aliphatic imine (C=N–C) groups is 1. The Kier molecular flexibility index (Phi) is 12.2. The van der Waals surface area contributed by atoms with Gasteiger partial charge in [0, 0.05) is 28.6 Å². The second-order valence-corrected chi connectivity index (χ2v) is 11.0. The van der Waals surface area contributed by atoms with Crippen LogP contribution in [0.1, 0.15) is 50.5 Å². The number of hydrogen-bond donors (Lipinski definition) is 2. The van der Waals surface area contributed by atoms with E-state index in [9.17, 15) is 9.59 Å². The summed E-state index contributed by atoms with van der Waals surface area (Å²) in [5, 5.41) is 8.61. The smallest absolute Gasteiger partial charge is 0.303 e. The maximum atomic E-state index is 11.6. The topological polar surface area (TPSA) is 102 Å². The molecule has 1 amide bonds. The molecule has 0 radical (unpaired) electrons. The highest BCUT2D eigenvalue weighted by molar-refractivity contribution is 9.11. The van der Waals surface area contributed by atoms with Crippen LogP contribution in [0.15, 0.2) is 106 Å². The number of halogens is 1. The number of carboxylic acids is 1. The first kappa shape index (κ1) is 30.8. The van der Waals surface area contributed by atoms with Crippen LogP contribution in [0.2, 0.25) is 0 Å². The highest BCUT2D eigenvalue weighted by Gasteiger charge is 2.22. The summed E-state index contributed by atoms with van der Waals surface area (Å²) in [6.07, 6.45) is 12.8. The number of carbonyl (C=O) groups excluding carboxylic acids is 1.